The lowest BCUT2D eigenvalue weighted by Gasteiger charge is -2.11. The monoisotopic (exact) mass is 459 g/mol. The van der Waals surface area contributed by atoms with Gasteiger partial charge in [-0.3, -0.25) is 14.5 Å². The number of halogens is 1. The van der Waals surface area contributed by atoms with Crippen molar-refractivity contribution in [2.75, 3.05) is 26.9 Å². The van der Waals surface area contributed by atoms with Gasteiger partial charge in [0.25, 0.3) is 11.1 Å². The molecule has 1 aromatic rings. The van der Waals surface area contributed by atoms with Gasteiger partial charge in [-0.05, 0) is 64.5 Å². The third kappa shape index (κ3) is 4.84. The lowest BCUT2D eigenvalue weighted by Crippen LogP contribution is -2.29. The maximum absolute atomic E-state index is 12.3. The van der Waals surface area contributed by atoms with E-state index in [2.05, 4.69) is 29.2 Å². The van der Waals surface area contributed by atoms with Crippen LogP contribution in [0.1, 0.15) is 12.0 Å². The summed E-state index contributed by atoms with van der Waals surface area (Å²) in [5, 5.41) is -0.233. The summed E-state index contributed by atoms with van der Waals surface area (Å²) in [6, 6.07) is 5.62. The molecular formula is C17H18INO4S. The molecule has 7 heteroatoms. The number of thioether (sulfide) groups is 1. The highest BCUT2D eigenvalue weighted by molar-refractivity contribution is 14.1. The average Bonchev–Trinajstić information content (AvgIpc) is 2.82. The summed E-state index contributed by atoms with van der Waals surface area (Å²) in [6.45, 7) is 4.95. The molecule has 1 heterocycles. The quantitative estimate of drug-likeness (QED) is 0.255. The Morgan fingerprint density at radius 3 is 2.83 bits per heavy atom. The molecule has 0 radical (unpaired) electrons. The smallest absolute Gasteiger partial charge is 0.293 e. The minimum absolute atomic E-state index is 0.233. The lowest BCUT2D eigenvalue weighted by molar-refractivity contribution is -0.122. The molecular weight excluding hydrogens is 441 g/mol. The fourth-order valence-corrected chi connectivity index (χ4v) is 3.64. The van der Waals surface area contributed by atoms with Crippen molar-refractivity contribution >= 4 is 51.6 Å². The van der Waals surface area contributed by atoms with Gasteiger partial charge in [0.15, 0.2) is 0 Å². The van der Waals surface area contributed by atoms with E-state index >= 15 is 0 Å². The fourth-order valence-electron chi connectivity index (χ4n) is 2.08. The van der Waals surface area contributed by atoms with E-state index in [9.17, 15) is 9.59 Å². The van der Waals surface area contributed by atoms with Gasteiger partial charge in [0.1, 0.15) is 12.4 Å². The molecule has 1 aliphatic heterocycles. The van der Waals surface area contributed by atoms with Crippen LogP contribution in [0.5, 0.6) is 5.75 Å². The Bertz CT molecular complexity index is 675. The van der Waals surface area contributed by atoms with Crippen molar-refractivity contribution in [1.29, 1.82) is 0 Å². The number of nitrogens with zero attached hydrogens (tertiary/aromatic N) is 1. The Kier molecular flexibility index (Phi) is 7.32. The average molecular weight is 459 g/mol. The Balaban J connectivity index is 2.10. The first-order valence-electron chi connectivity index (χ1n) is 7.34. The van der Waals surface area contributed by atoms with Crippen molar-refractivity contribution in [1.82, 2.24) is 4.90 Å². The Labute approximate surface area is 159 Å². The van der Waals surface area contributed by atoms with Gasteiger partial charge in [-0.2, -0.15) is 0 Å². The van der Waals surface area contributed by atoms with E-state index in [1.807, 2.05) is 18.2 Å². The summed E-state index contributed by atoms with van der Waals surface area (Å²) < 4.78 is 11.4. The number of methoxy groups -OCH3 is 1. The predicted molar refractivity (Wildman–Crippen MR) is 104 cm³/mol. The maximum atomic E-state index is 12.3. The van der Waals surface area contributed by atoms with E-state index < -0.39 is 0 Å². The maximum Gasteiger partial charge on any atom is 0.293 e. The summed E-state index contributed by atoms with van der Waals surface area (Å²) in [5.74, 6) is 0.517. The van der Waals surface area contributed by atoms with Crippen LogP contribution >= 0.6 is 34.4 Å². The largest absolute Gasteiger partial charge is 0.488 e. The summed E-state index contributed by atoms with van der Waals surface area (Å²) in [6.07, 6.45) is 4.05. The zero-order valence-electron chi connectivity index (χ0n) is 13.3. The van der Waals surface area contributed by atoms with Crippen molar-refractivity contribution in [3.05, 3.63) is 44.9 Å². The number of amides is 2. The van der Waals surface area contributed by atoms with Gasteiger partial charge in [0.05, 0.1) is 8.48 Å². The molecule has 0 spiro atoms. The topological polar surface area (TPSA) is 55.8 Å². The second-order valence-electron chi connectivity index (χ2n) is 4.97. The number of carbonyl (C=O) groups is 2. The van der Waals surface area contributed by atoms with Crippen molar-refractivity contribution in [3.8, 4) is 5.75 Å². The van der Waals surface area contributed by atoms with Crippen LogP contribution in [0.15, 0.2) is 35.8 Å². The molecule has 1 saturated heterocycles. The third-order valence-corrected chi connectivity index (χ3v) is 4.96. The van der Waals surface area contributed by atoms with Crippen LogP contribution in [-0.2, 0) is 9.53 Å². The Morgan fingerprint density at radius 2 is 2.17 bits per heavy atom. The molecule has 0 N–H and O–H groups in total. The normalized spacial score (nSPS) is 16.1. The van der Waals surface area contributed by atoms with Crippen molar-refractivity contribution < 1.29 is 19.1 Å². The summed E-state index contributed by atoms with van der Waals surface area (Å²) in [5.41, 5.74) is 0.854. The molecule has 128 valence electrons. The van der Waals surface area contributed by atoms with E-state index in [1.165, 1.54) is 4.90 Å². The SMILES string of the molecule is C=CCOc1ccc(/C=C2/SC(=O)N(CCCOC)C2=O)cc1I. The second-order valence-corrected chi connectivity index (χ2v) is 7.12. The number of ether oxygens (including phenoxy) is 2. The molecule has 1 fully saturated rings. The molecule has 24 heavy (non-hydrogen) atoms. The van der Waals surface area contributed by atoms with Crippen LogP contribution in [0.3, 0.4) is 0 Å². The van der Waals surface area contributed by atoms with E-state index in [0.717, 1.165) is 26.6 Å². The zero-order valence-corrected chi connectivity index (χ0v) is 16.3. The van der Waals surface area contributed by atoms with Crippen molar-refractivity contribution in [3.63, 3.8) is 0 Å². The highest BCUT2D eigenvalue weighted by Gasteiger charge is 2.34. The molecule has 0 saturated carbocycles. The molecule has 2 amide bonds. The van der Waals surface area contributed by atoms with Crippen LogP contribution < -0.4 is 4.74 Å². The molecule has 2 rings (SSSR count). The van der Waals surface area contributed by atoms with E-state index in [-0.39, 0.29) is 11.1 Å². The molecule has 0 atom stereocenters. The van der Waals surface area contributed by atoms with Gasteiger partial charge in [-0.15, -0.1) is 0 Å². The number of rotatable bonds is 8. The van der Waals surface area contributed by atoms with Crippen LogP contribution in [0.25, 0.3) is 6.08 Å². The number of hydrogen-bond acceptors (Lipinski definition) is 5. The van der Waals surface area contributed by atoms with Gasteiger partial charge in [0, 0.05) is 20.3 Å². The summed E-state index contributed by atoms with van der Waals surface area (Å²) in [4.78, 5) is 26.0. The van der Waals surface area contributed by atoms with E-state index in [4.69, 9.17) is 9.47 Å². The summed E-state index contributed by atoms with van der Waals surface area (Å²) in [7, 11) is 1.59. The molecule has 5 nitrogen and oxygen atoms in total. The van der Waals surface area contributed by atoms with Gasteiger partial charge in [-0.25, -0.2) is 0 Å². The molecule has 1 aromatic carbocycles. The molecule has 0 unspecified atom stereocenters. The van der Waals surface area contributed by atoms with Crippen LogP contribution in [0.4, 0.5) is 4.79 Å². The van der Waals surface area contributed by atoms with Crippen molar-refractivity contribution in [2.45, 2.75) is 6.42 Å². The Morgan fingerprint density at radius 1 is 1.38 bits per heavy atom. The van der Waals surface area contributed by atoms with Gasteiger partial charge in [0.2, 0.25) is 0 Å². The predicted octanol–water partition coefficient (Wildman–Crippen LogP) is 3.93. The van der Waals surface area contributed by atoms with Gasteiger partial charge in [-0.1, -0.05) is 18.7 Å². The Hall–Kier alpha value is -1.32. The van der Waals surface area contributed by atoms with Crippen LogP contribution in [0.2, 0.25) is 0 Å². The van der Waals surface area contributed by atoms with Crippen LogP contribution in [0, 0.1) is 3.57 Å². The highest BCUT2D eigenvalue weighted by atomic mass is 127. The second kappa shape index (κ2) is 9.24. The molecule has 0 aliphatic carbocycles. The number of benzene rings is 1. The first-order valence-corrected chi connectivity index (χ1v) is 9.24. The molecule has 0 bridgehead atoms. The van der Waals surface area contributed by atoms with E-state index in [1.54, 1.807) is 19.3 Å². The van der Waals surface area contributed by atoms with Crippen LogP contribution in [-0.4, -0.2) is 42.9 Å². The van der Waals surface area contributed by atoms with Gasteiger partial charge >= 0.3 is 0 Å². The standard InChI is InChI=1S/C17H18INO4S/c1-3-8-23-14-6-5-12(10-13(14)18)11-15-16(20)19(17(21)24-15)7-4-9-22-2/h3,5-6,10-11H,1,4,7-9H2,2H3/b15-11+. The van der Waals surface area contributed by atoms with Crippen molar-refractivity contribution in [2.24, 2.45) is 0 Å². The summed E-state index contributed by atoms with van der Waals surface area (Å²) >= 11 is 3.15. The zero-order chi connectivity index (χ0) is 17.5. The number of imide groups is 1. The third-order valence-electron chi connectivity index (χ3n) is 3.21. The minimum Gasteiger partial charge on any atom is -0.488 e. The van der Waals surface area contributed by atoms with E-state index in [0.29, 0.717) is 31.1 Å². The number of hydrogen-bond donors (Lipinski definition) is 0. The number of carbonyl (C=O) groups excluding carboxylic acids is 2. The first kappa shape index (κ1) is 19.0. The van der Waals surface area contributed by atoms with Gasteiger partial charge < -0.3 is 9.47 Å². The molecule has 1 aliphatic rings. The molecule has 0 aromatic heterocycles. The minimum atomic E-state index is -0.247. The first-order chi connectivity index (χ1) is 11.6. The lowest BCUT2D eigenvalue weighted by atomic mass is 10.2. The highest BCUT2D eigenvalue weighted by Crippen LogP contribution is 2.33. The fraction of sp³-hybridized carbons (Fsp3) is 0.294.